The Morgan fingerprint density at radius 2 is 1.80 bits per heavy atom. The van der Waals surface area contributed by atoms with E-state index in [4.69, 9.17) is 9.47 Å². The van der Waals surface area contributed by atoms with E-state index >= 15 is 0 Å². The summed E-state index contributed by atoms with van der Waals surface area (Å²) in [6.07, 6.45) is 3.29. The van der Waals surface area contributed by atoms with Gasteiger partial charge in [-0.25, -0.2) is 4.68 Å². The Morgan fingerprint density at radius 1 is 1.03 bits per heavy atom. The monoisotopic (exact) mass is 404 g/mol. The molecule has 1 aromatic carbocycles. The number of aromatic nitrogens is 3. The van der Waals surface area contributed by atoms with Crippen molar-refractivity contribution < 1.29 is 14.3 Å². The first-order valence-electron chi connectivity index (χ1n) is 9.84. The summed E-state index contributed by atoms with van der Waals surface area (Å²) >= 11 is 0. The van der Waals surface area contributed by atoms with Crippen molar-refractivity contribution in [1.82, 2.24) is 19.7 Å². The van der Waals surface area contributed by atoms with Crippen LogP contribution in [0.5, 0.6) is 11.5 Å². The molecule has 1 unspecified atom stereocenters. The van der Waals surface area contributed by atoms with Crippen molar-refractivity contribution in [2.24, 2.45) is 0 Å². The highest BCUT2D eigenvalue weighted by Crippen LogP contribution is 2.32. The average molecular weight is 404 g/mol. The van der Waals surface area contributed by atoms with Crippen LogP contribution in [0.2, 0.25) is 0 Å². The maximum atomic E-state index is 12.6. The molecule has 0 spiro atoms. The Morgan fingerprint density at radius 3 is 2.60 bits per heavy atom. The third-order valence-electron chi connectivity index (χ3n) is 5.33. The number of carbonyl (C=O) groups excluding carboxylic acids is 1. The van der Waals surface area contributed by atoms with Crippen molar-refractivity contribution in [3.63, 3.8) is 0 Å². The third-order valence-corrected chi connectivity index (χ3v) is 5.33. The van der Waals surface area contributed by atoms with Gasteiger partial charge in [0, 0.05) is 37.1 Å². The van der Waals surface area contributed by atoms with Crippen LogP contribution < -0.4 is 15.0 Å². The second kappa shape index (κ2) is 7.62. The van der Waals surface area contributed by atoms with E-state index in [9.17, 15) is 9.59 Å². The summed E-state index contributed by atoms with van der Waals surface area (Å²) in [5.41, 5.74) is 1.42. The van der Waals surface area contributed by atoms with Gasteiger partial charge in [-0.1, -0.05) is 12.1 Å². The minimum atomic E-state index is -0.317. The molecule has 30 heavy (non-hydrogen) atoms. The van der Waals surface area contributed by atoms with Crippen molar-refractivity contribution in [3.8, 4) is 22.8 Å². The largest absolute Gasteiger partial charge is 0.486 e. The lowest BCUT2D eigenvalue weighted by atomic mass is 10.1. The number of rotatable bonds is 4. The van der Waals surface area contributed by atoms with Crippen LogP contribution in [0.25, 0.3) is 11.3 Å². The van der Waals surface area contributed by atoms with Crippen molar-refractivity contribution >= 4 is 5.91 Å². The normalized spacial score (nSPS) is 18.0. The zero-order chi connectivity index (χ0) is 20.5. The maximum absolute atomic E-state index is 12.6. The second-order valence-electron chi connectivity index (χ2n) is 7.39. The van der Waals surface area contributed by atoms with E-state index in [0.29, 0.717) is 36.9 Å². The molecule has 1 atom stereocenters. The smallest absolute Gasteiger partial charge is 0.267 e. The Kier molecular flexibility index (Phi) is 4.66. The number of hydrogen-bond donors (Lipinski definition) is 0. The van der Waals surface area contributed by atoms with Crippen LogP contribution in [-0.4, -0.2) is 51.4 Å². The summed E-state index contributed by atoms with van der Waals surface area (Å²) in [6, 6.07) is 14.2. The van der Waals surface area contributed by atoms with Crippen molar-refractivity contribution in [3.05, 3.63) is 71.3 Å². The lowest BCUT2D eigenvalue weighted by Gasteiger charge is -2.40. The first-order chi connectivity index (χ1) is 14.7. The van der Waals surface area contributed by atoms with Crippen molar-refractivity contribution in [1.29, 1.82) is 0 Å². The Balaban J connectivity index is 1.21. The summed E-state index contributed by atoms with van der Waals surface area (Å²) in [4.78, 5) is 30.7. The molecule has 152 valence electrons. The van der Waals surface area contributed by atoms with E-state index in [1.807, 2.05) is 36.4 Å². The van der Waals surface area contributed by atoms with E-state index in [-0.39, 0.29) is 30.0 Å². The molecule has 8 nitrogen and oxygen atoms in total. The number of pyridine rings is 1. The fourth-order valence-corrected chi connectivity index (χ4v) is 3.66. The number of fused-ring (bicyclic) bond motifs is 1. The Hall–Kier alpha value is -3.68. The molecule has 0 radical (unpaired) electrons. The summed E-state index contributed by atoms with van der Waals surface area (Å²) in [5, 5.41) is 4.49. The van der Waals surface area contributed by atoms with Gasteiger partial charge in [-0.05, 0) is 30.3 Å². The van der Waals surface area contributed by atoms with Gasteiger partial charge in [0.15, 0.2) is 11.5 Å². The SMILES string of the molecule is O=C(CC1COc2ccccc2O1)N1CC(n2nc(-c3ccncc3)ccc2=O)C1. The highest BCUT2D eigenvalue weighted by Gasteiger charge is 2.35. The number of benzene rings is 1. The lowest BCUT2D eigenvalue weighted by molar-refractivity contribution is -0.139. The van der Waals surface area contributed by atoms with Gasteiger partial charge in [0.25, 0.3) is 5.56 Å². The third kappa shape index (κ3) is 3.52. The first-order valence-corrected chi connectivity index (χ1v) is 9.84. The van der Waals surface area contributed by atoms with Gasteiger partial charge in [-0.15, -0.1) is 0 Å². The standard InChI is InChI=1S/C22H20N4O4/c27-21-6-5-18(15-7-9-23-10-8-15)24-26(21)16-12-25(13-16)22(28)11-17-14-29-19-3-1-2-4-20(19)30-17/h1-10,16-17H,11-14H2. The topological polar surface area (TPSA) is 86.6 Å². The molecular formula is C22H20N4O4. The van der Waals surface area contributed by atoms with Gasteiger partial charge in [0.1, 0.15) is 12.7 Å². The molecule has 4 heterocycles. The quantitative estimate of drug-likeness (QED) is 0.660. The molecule has 0 saturated carbocycles. The minimum Gasteiger partial charge on any atom is -0.486 e. The van der Waals surface area contributed by atoms with Crippen molar-refractivity contribution in [2.45, 2.75) is 18.6 Å². The Labute approximate surface area is 172 Å². The van der Waals surface area contributed by atoms with E-state index < -0.39 is 0 Å². The molecule has 1 fully saturated rings. The molecule has 1 amide bonds. The van der Waals surface area contributed by atoms with Crippen LogP contribution in [0.15, 0.2) is 65.7 Å². The fourth-order valence-electron chi connectivity index (χ4n) is 3.66. The van der Waals surface area contributed by atoms with Crippen LogP contribution in [0.3, 0.4) is 0 Å². The number of para-hydroxylation sites is 2. The molecule has 0 N–H and O–H groups in total. The number of likely N-dealkylation sites (tertiary alicyclic amines) is 1. The maximum Gasteiger partial charge on any atom is 0.267 e. The zero-order valence-corrected chi connectivity index (χ0v) is 16.2. The van der Waals surface area contributed by atoms with Gasteiger partial charge < -0.3 is 14.4 Å². The number of ether oxygens (including phenoxy) is 2. The zero-order valence-electron chi connectivity index (χ0n) is 16.2. The molecule has 3 aromatic rings. The van der Waals surface area contributed by atoms with Crippen LogP contribution in [0, 0.1) is 0 Å². The summed E-state index contributed by atoms with van der Waals surface area (Å²) in [6.45, 7) is 1.25. The van der Waals surface area contributed by atoms with Crippen molar-refractivity contribution in [2.75, 3.05) is 19.7 Å². The fraction of sp³-hybridized carbons (Fsp3) is 0.273. The molecule has 2 aliphatic heterocycles. The average Bonchev–Trinajstić information content (AvgIpc) is 2.74. The highest BCUT2D eigenvalue weighted by atomic mass is 16.6. The highest BCUT2D eigenvalue weighted by molar-refractivity contribution is 5.77. The van der Waals surface area contributed by atoms with Crippen LogP contribution >= 0.6 is 0 Å². The van der Waals surface area contributed by atoms with E-state index in [2.05, 4.69) is 10.1 Å². The van der Waals surface area contributed by atoms with E-state index in [1.165, 1.54) is 10.7 Å². The number of amides is 1. The molecule has 1 saturated heterocycles. The van der Waals surface area contributed by atoms with Crippen LogP contribution in [0.1, 0.15) is 12.5 Å². The molecule has 0 bridgehead atoms. The van der Waals surface area contributed by atoms with Gasteiger partial charge in [0.2, 0.25) is 5.91 Å². The lowest BCUT2D eigenvalue weighted by Crippen LogP contribution is -2.54. The summed E-state index contributed by atoms with van der Waals surface area (Å²) < 4.78 is 13.0. The Bertz CT molecular complexity index is 1130. The summed E-state index contributed by atoms with van der Waals surface area (Å²) in [5.74, 6) is 1.34. The molecule has 5 rings (SSSR count). The molecule has 2 aromatic heterocycles. The first kappa shape index (κ1) is 18.4. The molecule has 2 aliphatic rings. The van der Waals surface area contributed by atoms with Gasteiger partial charge in [-0.2, -0.15) is 5.10 Å². The predicted molar refractivity (Wildman–Crippen MR) is 108 cm³/mol. The second-order valence-corrected chi connectivity index (χ2v) is 7.39. The number of hydrogen-bond acceptors (Lipinski definition) is 6. The van der Waals surface area contributed by atoms with Gasteiger partial charge >= 0.3 is 0 Å². The van der Waals surface area contributed by atoms with Gasteiger partial charge in [-0.3, -0.25) is 14.6 Å². The number of carbonyl (C=O) groups is 1. The molecule has 8 heteroatoms. The van der Waals surface area contributed by atoms with Gasteiger partial charge in [0.05, 0.1) is 18.2 Å². The minimum absolute atomic E-state index is 0.0161. The van der Waals surface area contributed by atoms with E-state index in [0.717, 1.165) is 5.56 Å². The summed E-state index contributed by atoms with van der Waals surface area (Å²) in [7, 11) is 0. The van der Waals surface area contributed by atoms with Crippen LogP contribution in [-0.2, 0) is 4.79 Å². The molecule has 0 aliphatic carbocycles. The predicted octanol–water partition coefficient (Wildman–Crippen LogP) is 1.92. The van der Waals surface area contributed by atoms with E-state index in [1.54, 1.807) is 23.4 Å². The molecular weight excluding hydrogens is 384 g/mol. The van der Waals surface area contributed by atoms with Crippen LogP contribution in [0.4, 0.5) is 0 Å². The number of nitrogens with zero attached hydrogens (tertiary/aromatic N) is 4.